The van der Waals surface area contributed by atoms with Gasteiger partial charge in [0.25, 0.3) is 0 Å². The van der Waals surface area contributed by atoms with Crippen molar-refractivity contribution in [1.82, 2.24) is 9.97 Å². The predicted molar refractivity (Wildman–Crippen MR) is 102 cm³/mol. The van der Waals surface area contributed by atoms with Crippen LogP contribution in [0.1, 0.15) is 38.2 Å². The molecule has 134 valence electrons. The van der Waals surface area contributed by atoms with E-state index in [0.717, 1.165) is 17.7 Å². The molecular weight excluding hydrogens is 327 g/mol. The van der Waals surface area contributed by atoms with Gasteiger partial charge in [-0.05, 0) is 36.6 Å². The summed E-state index contributed by atoms with van der Waals surface area (Å²) in [6.45, 7) is 2.22. The van der Waals surface area contributed by atoms with Crippen molar-refractivity contribution >= 4 is 0 Å². The topological polar surface area (TPSA) is 46.0 Å². The maximum atomic E-state index is 13.5. The summed E-state index contributed by atoms with van der Waals surface area (Å²) >= 11 is 0. The van der Waals surface area contributed by atoms with Crippen LogP contribution in [-0.2, 0) is 6.42 Å². The number of phenols is 1. The maximum Gasteiger partial charge on any atom is 0.165 e. The first-order valence-electron chi connectivity index (χ1n) is 9.07. The fourth-order valence-electron chi connectivity index (χ4n) is 2.89. The molecule has 0 fully saturated rings. The summed E-state index contributed by atoms with van der Waals surface area (Å²) in [6, 6.07) is 12.6. The number of benzene rings is 2. The lowest BCUT2D eigenvalue weighted by Crippen LogP contribution is -1.91. The minimum Gasteiger partial charge on any atom is -0.505 e. The van der Waals surface area contributed by atoms with Crippen LogP contribution in [-0.4, -0.2) is 15.1 Å². The Hall–Kier alpha value is -2.75. The molecule has 26 heavy (non-hydrogen) atoms. The average molecular weight is 350 g/mol. The normalized spacial score (nSPS) is 10.8. The third-order valence-electron chi connectivity index (χ3n) is 4.46. The van der Waals surface area contributed by atoms with E-state index in [1.807, 2.05) is 0 Å². The van der Waals surface area contributed by atoms with E-state index in [4.69, 9.17) is 0 Å². The van der Waals surface area contributed by atoms with Crippen molar-refractivity contribution in [3.8, 4) is 28.3 Å². The predicted octanol–water partition coefficient (Wildman–Crippen LogP) is 5.78. The second-order valence-corrected chi connectivity index (χ2v) is 6.46. The third kappa shape index (κ3) is 4.45. The first-order valence-corrected chi connectivity index (χ1v) is 9.07. The molecule has 1 aromatic heterocycles. The Morgan fingerprint density at radius 1 is 0.846 bits per heavy atom. The van der Waals surface area contributed by atoms with Crippen LogP contribution < -0.4 is 0 Å². The van der Waals surface area contributed by atoms with E-state index in [0.29, 0.717) is 11.3 Å². The molecule has 0 amide bonds. The fourth-order valence-corrected chi connectivity index (χ4v) is 2.89. The lowest BCUT2D eigenvalue weighted by atomic mass is 10.0. The van der Waals surface area contributed by atoms with Gasteiger partial charge in [-0.3, -0.25) is 9.97 Å². The zero-order valence-electron chi connectivity index (χ0n) is 15.0. The van der Waals surface area contributed by atoms with E-state index < -0.39 is 5.82 Å². The Balaban J connectivity index is 1.69. The van der Waals surface area contributed by atoms with Gasteiger partial charge in [-0.15, -0.1) is 0 Å². The fraction of sp³-hybridized carbons (Fsp3) is 0.273. The van der Waals surface area contributed by atoms with E-state index in [2.05, 4.69) is 41.2 Å². The zero-order chi connectivity index (χ0) is 18.4. The molecule has 0 unspecified atom stereocenters. The highest BCUT2D eigenvalue weighted by atomic mass is 19.1. The minimum absolute atomic E-state index is 0.367. The molecule has 4 heteroatoms. The van der Waals surface area contributed by atoms with Crippen LogP contribution in [0.4, 0.5) is 4.39 Å². The summed E-state index contributed by atoms with van der Waals surface area (Å²) in [5, 5.41) is 9.28. The number of hydrogen-bond acceptors (Lipinski definition) is 3. The first-order chi connectivity index (χ1) is 12.7. The molecule has 0 radical (unpaired) electrons. The highest BCUT2D eigenvalue weighted by Crippen LogP contribution is 2.24. The van der Waals surface area contributed by atoms with Crippen LogP contribution in [0.5, 0.6) is 5.75 Å². The van der Waals surface area contributed by atoms with Crippen molar-refractivity contribution in [3.05, 3.63) is 66.2 Å². The van der Waals surface area contributed by atoms with Crippen molar-refractivity contribution in [3.63, 3.8) is 0 Å². The monoisotopic (exact) mass is 350 g/mol. The number of nitrogens with zero attached hydrogens (tertiary/aromatic N) is 2. The molecule has 3 nitrogen and oxygen atoms in total. The van der Waals surface area contributed by atoms with Crippen LogP contribution >= 0.6 is 0 Å². The van der Waals surface area contributed by atoms with E-state index in [9.17, 15) is 9.50 Å². The standard InChI is InChI=1S/C22H23FN2O/c1-2-3-4-5-6-16-7-9-17(10-8-16)20-14-25-21(15-24-20)18-11-12-22(26)19(23)13-18/h7-15,26H,2-6H2,1H3. The molecule has 0 spiro atoms. The summed E-state index contributed by atoms with van der Waals surface area (Å²) in [5.74, 6) is -1.03. The van der Waals surface area contributed by atoms with Gasteiger partial charge in [0.05, 0.1) is 23.8 Å². The van der Waals surface area contributed by atoms with Gasteiger partial charge in [0.1, 0.15) is 0 Å². The summed E-state index contributed by atoms with van der Waals surface area (Å²) in [5.41, 5.74) is 4.29. The van der Waals surface area contributed by atoms with Gasteiger partial charge in [0.2, 0.25) is 0 Å². The third-order valence-corrected chi connectivity index (χ3v) is 4.46. The second kappa shape index (κ2) is 8.56. The van der Waals surface area contributed by atoms with Crippen LogP contribution in [0.3, 0.4) is 0 Å². The van der Waals surface area contributed by atoms with E-state index in [-0.39, 0.29) is 5.75 Å². The second-order valence-electron chi connectivity index (χ2n) is 6.46. The lowest BCUT2D eigenvalue weighted by Gasteiger charge is -2.06. The van der Waals surface area contributed by atoms with Gasteiger partial charge < -0.3 is 5.11 Å². The molecule has 1 heterocycles. The van der Waals surface area contributed by atoms with Crippen LogP contribution in [0.2, 0.25) is 0 Å². The number of rotatable bonds is 7. The highest BCUT2D eigenvalue weighted by molar-refractivity contribution is 5.63. The van der Waals surface area contributed by atoms with E-state index in [1.165, 1.54) is 43.4 Å². The number of aromatic nitrogens is 2. The molecule has 3 aromatic rings. The number of hydrogen-bond donors (Lipinski definition) is 1. The SMILES string of the molecule is CCCCCCc1ccc(-c2cnc(-c3ccc(O)c(F)c3)cn2)cc1. The average Bonchev–Trinajstić information content (AvgIpc) is 2.68. The number of aryl methyl sites for hydroxylation is 1. The number of halogens is 1. The number of phenolic OH excluding ortho intramolecular Hbond substituents is 1. The lowest BCUT2D eigenvalue weighted by molar-refractivity contribution is 0.432. The van der Waals surface area contributed by atoms with Gasteiger partial charge in [-0.25, -0.2) is 4.39 Å². The summed E-state index contributed by atoms with van der Waals surface area (Å²) in [4.78, 5) is 8.82. The Morgan fingerprint density at radius 3 is 2.12 bits per heavy atom. The first kappa shape index (κ1) is 18.1. The quantitative estimate of drug-likeness (QED) is 0.550. The largest absolute Gasteiger partial charge is 0.505 e. The Morgan fingerprint density at radius 2 is 1.50 bits per heavy atom. The molecule has 2 aromatic carbocycles. The maximum absolute atomic E-state index is 13.5. The molecule has 0 atom stereocenters. The van der Waals surface area contributed by atoms with Crippen molar-refractivity contribution in [2.24, 2.45) is 0 Å². The Bertz CT molecular complexity index is 845. The number of aromatic hydroxyl groups is 1. The molecule has 0 aliphatic carbocycles. The molecule has 0 saturated heterocycles. The van der Waals surface area contributed by atoms with Gasteiger partial charge in [-0.1, -0.05) is 50.5 Å². The van der Waals surface area contributed by atoms with Gasteiger partial charge in [0, 0.05) is 11.1 Å². The Labute approximate surface area is 153 Å². The van der Waals surface area contributed by atoms with Crippen molar-refractivity contribution in [2.75, 3.05) is 0 Å². The summed E-state index contributed by atoms with van der Waals surface area (Å²) in [7, 11) is 0. The smallest absolute Gasteiger partial charge is 0.165 e. The zero-order valence-corrected chi connectivity index (χ0v) is 15.0. The van der Waals surface area contributed by atoms with Crippen molar-refractivity contribution < 1.29 is 9.50 Å². The van der Waals surface area contributed by atoms with Crippen LogP contribution in [0, 0.1) is 5.82 Å². The molecule has 0 aliphatic heterocycles. The summed E-state index contributed by atoms with van der Waals surface area (Å²) in [6.07, 6.45) is 9.48. The molecule has 0 aliphatic rings. The number of unbranched alkanes of at least 4 members (excludes halogenated alkanes) is 3. The van der Waals surface area contributed by atoms with Gasteiger partial charge >= 0.3 is 0 Å². The van der Waals surface area contributed by atoms with Gasteiger partial charge in [0.15, 0.2) is 11.6 Å². The highest BCUT2D eigenvalue weighted by Gasteiger charge is 2.07. The van der Waals surface area contributed by atoms with Gasteiger partial charge in [-0.2, -0.15) is 0 Å². The Kier molecular flexibility index (Phi) is 5.95. The molecule has 3 rings (SSSR count). The van der Waals surface area contributed by atoms with E-state index >= 15 is 0 Å². The minimum atomic E-state index is -0.664. The summed E-state index contributed by atoms with van der Waals surface area (Å²) < 4.78 is 13.5. The molecule has 1 N–H and O–H groups in total. The van der Waals surface area contributed by atoms with Crippen LogP contribution in [0.15, 0.2) is 54.9 Å². The van der Waals surface area contributed by atoms with Crippen molar-refractivity contribution in [1.29, 1.82) is 0 Å². The molecule has 0 bridgehead atoms. The van der Waals surface area contributed by atoms with Crippen LogP contribution in [0.25, 0.3) is 22.5 Å². The molecular formula is C22H23FN2O. The van der Waals surface area contributed by atoms with E-state index in [1.54, 1.807) is 18.5 Å². The van der Waals surface area contributed by atoms with Crippen molar-refractivity contribution in [2.45, 2.75) is 39.0 Å². The molecule has 0 saturated carbocycles.